The molecule has 0 heteroatoms. The molecule has 0 nitrogen and oxygen atoms in total. The lowest BCUT2D eigenvalue weighted by atomic mass is 9.85. The number of rotatable bonds is 4. The van der Waals surface area contributed by atoms with E-state index in [9.17, 15) is 0 Å². The van der Waals surface area contributed by atoms with Crippen LogP contribution in [-0.4, -0.2) is 0 Å². The maximum absolute atomic E-state index is 2.35. The zero-order valence-electron chi connectivity index (χ0n) is 9.83. The Hall–Kier alpha value is -0.780. The second-order valence-electron chi connectivity index (χ2n) is 4.77. The maximum Gasteiger partial charge on any atom is -0.0188 e. The van der Waals surface area contributed by atoms with Gasteiger partial charge in [0.2, 0.25) is 0 Å². The summed E-state index contributed by atoms with van der Waals surface area (Å²) in [6.45, 7) is 9.29. The predicted octanol–water partition coefficient (Wildman–Crippen LogP) is 4.47. The number of hydrogen-bond acceptors (Lipinski definition) is 0. The van der Waals surface area contributed by atoms with E-state index < -0.39 is 0 Å². The molecule has 0 aliphatic heterocycles. The molecular weight excluding hydrogens is 168 g/mol. The predicted molar refractivity (Wildman–Crippen MR) is 63.5 cm³/mol. The van der Waals surface area contributed by atoms with Crippen LogP contribution in [0, 0.1) is 11.8 Å². The fraction of sp³-hybridized carbons (Fsp3) is 0.571. The van der Waals surface area contributed by atoms with Crippen LogP contribution in [0.25, 0.3) is 0 Å². The van der Waals surface area contributed by atoms with Gasteiger partial charge in [-0.25, -0.2) is 0 Å². The van der Waals surface area contributed by atoms with E-state index in [1.54, 1.807) is 0 Å². The first-order valence-electron chi connectivity index (χ1n) is 5.66. The van der Waals surface area contributed by atoms with Gasteiger partial charge in [-0.1, -0.05) is 58.0 Å². The summed E-state index contributed by atoms with van der Waals surface area (Å²) in [6.07, 6.45) is 1.29. The molecule has 0 bridgehead atoms. The molecule has 0 saturated carbocycles. The lowest BCUT2D eigenvalue weighted by Gasteiger charge is -2.20. The van der Waals surface area contributed by atoms with E-state index in [0.717, 1.165) is 11.8 Å². The van der Waals surface area contributed by atoms with Crippen molar-refractivity contribution in [1.29, 1.82) is 0 Å². The van der Waals surface area contributed by atoms with E-state index >= 15 is 0 Å². The van der Waals surface area contributed by atoms with Crippen LogP contribution in [0.15, 0.2) is 30.3 Å². The Balaban J connectivity index is 2.55. The van der Waals surface area contributed by atoms with Crippen LogP contribution in [0.1, 0.15) is 45.6 Å². The summed E-state index contributed by atoms with van der Waals surface area (Å²) in [5, 5.41) is 0. The number of benzene rings is 1. The summed E-state index contributed by atoms with van der Waals surface area (Å²) >= 11 is 0. The summed E-state index contributed by atoms with van der Waals surface area (Å²) in [7, 11) is 0. The van der Waals surface area contributed by atoms with Gasteiger partial charge >= 0.3 is 0 Å². The highest BCUT2D eigenvalue weighted by Crippen LogP contribution is 2.26. The van der Waals surface area contributed by atoms with Crippen LogP contribution in [0.4, 0.5) is 0 Å². The van der Waals surface area contributed by atoms with E-state index in [1.165, 1.54) is 12.0 Å². The van der Waals surface area contributed by atoms with Gasteiger partial charge in [-0.2, -0.15) is 0 Å². The molecule has 0 radical (unpaired) electrons. The molecule has 0 aliphatic rings. The highest BCUT2D eigenvalue weighted by molar-refractivity contribution is 5.18. The Morgan fingerprint density at radius 2 is 1.50 bits per heavy atom. The molecule has 0 aromatic heterocycles. The van der Waals surface area contributed by atoms with Crippen LogP contribution < -0.4 is 0 Å². The molecule has 0 saturated heterocycles. The minimum absolute atomic E-state index is 0.689. The Kier molecular flexibility index (Phi) is 4.19. The quantitative estimate of drug-likeness (QED) is 0.657. The van der Waals surface area contributed by atoms with Gasteiger partial charge in [0.25, 0.3) is 0 Å². The van der Waals surface area contributed by atoms with Crippen molar-refractivity contribution in [2.75, 3.05) is 0 Å². The van der Waals surface area contributed by atoms with Gasteiger partial charge in [0.15, 0.2) is 0 Å². The summed E-state index contributed by atoms with van der Waals surface area (Å²) in [6, 6.07) is 10.8. The minimum Gasteiger partial charge on any atom is -0.0625 e. The van der Waals surface area contributed by atoms with E-state index in [0.29, 0.717) is 5.92 Å². The maximum atomic E-state index is 2.35. The van der Waals surface area contributed by atoms with E-state index in [4.69, 9.17) is 0 Å². The second kappa shape index (κ2) is 5.19. The molecule has 0 fully saturated rings. The Labute approximate surface area is 88.4 Å². The summed E-state index contributed by atoms with van der Waals surface area (Å²) in [4.78, 5) is 0. The van der Waals surface area contributed by atoms with Gasteiger partial charge in [-0.15, -0.1) is 0 Å². The van der Waals surface area contributed by atoms with E-state index in [1.807, 2.05) is 0 Å². The first-order chi connectivity index (χ1) is 6.61. The Morgan fingerprint density at radius 3 is 2.00 bits per heavy atom. The van der Waals surface area contributed by atoms with Gasteiger partial charge in [0.1, 0.15) is 0 Å². The average Bonchev–Trinajstić information content (AvgIpc) is 2.19. The molecule has 2 atom stereocenters. The smallest absolute Gasteiger partial charge is 0.0188 e. The van der Waals surface area contributed by atoms with Gasteiger partial charge < -0.3 is 0 Å². The zero-order valence-corrected chi connectivity index (χ0v) is 9.83. The molecule has 1 rings (SSSR count). The Morgan fingerprint density at radius 1 is 0.929 bits per heavy atom. The van der Waals surface area contributed by atoms with Crippen LogP contribution in [0.3, 0.4) is 0 Å². The Bertz CT molecular complexity index is 248. The fourth-order valence-electron chi connectivity index (χ4n) is 1.75. The SMILES string of the molecule is CC(CC(C)C(C)C)c1ccccc1. The molecule has 0 spiro atoms. The molecule has 0 N–H and O–H groups in total. The van der Waals surface area contributed by atoms with Crippen molar-refractivity contribution >= 4 is 0 Å². The normalized spacial score (nSPS) is 15.5. The van der Waals surface area contributed by atoms with Gasteiger partial charge in [-0.3, -0.25) is 0 Å². The van der Waals surface area contributed by atoms with Gasteiger partial charge in [-0.05, 0) is 29.7 Å². The standard InChI is InChI=1S/C14H22/c1-11(2)12(3)10-13(4)14-8-6-5-7-9-14/h5-9,11-13H,10H2,1-4H3. The first kappa shape index (κ1) is 11.3. The van der Waals surface area contributed by atoms with Crippen LogP contribution in [-0.2, 0) is 0 Å². The zero-order chi connectivity index (χ0) is 10.6. The summed E-state index contributed by atoms with van der Waals surface area (Å²) < 4.78 is 0. The van der Waals surface area contributed by atoms with Gasteiger partial charge in [0.05, 0.1) is 0 Å². The van der Waals surface area contributed by atoms with Crippen molar-refractivity contribution in [3.05, 3.63) is 35.9 Å². The third-order valence-corrected chi connectivity index (χ3v) is 3.23. The monoisotopic (exact) mass is 190 g/mol. The van der Waals surface area contributed by atoms with Crippen molar-refractivity contribution in [2.45, 2.75) is 40.0 Å². The summed E-state index contributed by atoms with van der Waals surface area (Å²) in [5.74, 6) is 2.29. The lowest BCUT2D eigenvalue weighted by Crippen LogP contribution is -2.08. The molecule has 14 heavy (non-hydrogen) atoms. The van der Waals surface area contributed by atoms with Crippen molar-refractivity contribution in [1.82, 2.24) is 0 Å². The third-order valence-electron chi connectivity index (χ3n) is 3.23. The highest BCUT2D eigenvalue weighted by atomic mass is 14.2. The molecule has 0 amide bonds. The van der Waals surface area contributed by atoms with Gasteiger partial charge in [0, 0.05) is 0 Å². The molecule has 2 unspecified atom stereocenters. The van der Waals surface area contributed by atoms with Crippen molar-refractivity contribution < 1.29 is 0 Å². The van der Waals surface area contributed by atoms with E-state index in [-0.39, 0.29) is 0 Å². The molecular formula is C14H22. The topological polar surface area (TPSA) is 0 Å². The first-order valence-corrected chi connectivity index (χ1v) is 5.66. The van der Waals surface area contributed by atoms with Crippen molar-refractivity contribution in [3.63, 3.8) is 0 Å². The molecule has 1 aromatic carbocycles. The second-order valence-corrected chi connectivity index (χ2v) is 4.77. The molecule has 1 aromatic rings. The molecule has 0 aliphatic carbocycles. The highest BCUT2D eigenvalue weighted by Gasteiger charge is 2.12. The summed E-state index contributed by atoms with van der Waals surface area (Å²) in [5.41, 5.74) is 1.47. The third kappa shape index (κ3) is 3.17. The van der Waals surface area contributed by atoms with Crippen LogP contribution in [0.5, 0.6) is 0 Å². The molecule has 0 heterocycles. The van der Waals surface area contributed by atoms with E-state index in [2.05, 4.69) is 58.0 Å². The molecule has 78 valence electrons. The van der Waals surface area contributed by atoms with Crippen LogP contribution in [0.2, 0.25) is 0 Å². The largest absolute Gasteiger partial charge is 0.0625 e. The van der Waals surface area contributed by atoms with Crippen molar-refractivity contribution in [2.24, 2.45) is 11.8 Å². The number of hydrogen-bond donors (Lipinski definition) is 0. The fourth-order valence-corrected chi connectivity index (χ4v) is 1.75. The lowest BCUT2D eigenvalue weighted by molar-refractivity contribution is 0.369. The minimum atomic E-state index is 0.689. The average molecular weight is 190 g/mol. The van der Waals surface area contributed by atoms with Crippen molar-refractivity contribution in [3.8, 4) is 0 Å². The van der Waals surface area contributed by atoms with Crippen LogP contribution >= 0.6 is 0 Å².